The number of carbonyl (C=O) groups excluding carboxylic acids is 2. The van der Waals surface area contributed by atoms with Crippen LogP contribution in [0.2, 0.25) is 0 Å². The van der Waals surface area contributed by atoms with Gasteiger partial charge in [-0.05, 0) is 56.0 Å². The van der Waals surface area contributed by atoms with Crippen LogP contribution in [0, 0.1) is 18.7 Å². The van der Waals surface area contributed by atoms with Crippen LogP contribution in [0.3, 0.4) is 0 Å². The smallest absolute Gasteiger partial charge is 0.186 e. The van der Waals surface area contributed by atoms with Crippen LogP contribution in [0.4, 0.5) is 4.39 Å². The van der Waals surface area contributed by atoms with Gasteiger partial charge in [0.05, 0.1) is 11.7 Å². The molecule has 1 aliphatic heterocycles. The Bertz CT molecular complexity index is 1020. The summed E-state index contributed by atoms with van der Waals surface area (Å²) in [6.45, 7) is 4.68. The molecule has 1 saturated heterocycles. The van der Waals surface area contributed by atoms with Gasteiger partial charge in [0, 0.05) is 42.4 Å². The highest BCUT2D eigenvalue weighted by Gasteiger charge is 2.41. The minimum atomic E-state index is -0.592. The molecule has 1 saturated carbocycles. The summed E-state index contributed by atoms with van der Waals surface area (Å²) in [6.07, 6.45) is 4.53. The maximum Gasteiger partial charge on any atom is 0.186 e. The van der Waals surface area contributed by atoms with E-state index in [2.05, 4.69) is 9.88 Å². The summed E-state index contributed by atoms with van der Waals surface area (Å²) in [5.74, 6) is -0.205. The molecule has 2 aliphatic rings. The maximum atomic E-state index is 14.7. The van der Waals surface area contributed by atoms with Gasteiger partial charge in [0.25, 0.3) is 0 Å². The number of benzene rings is 1. The number of pyridine rings is 1. The molecule has 0 spiro atoms. The molecule has 1 aromatic heterocycles. The van der Waals surface area contributed by atoms with Gasteiger partial charge in [-0.1, -0.05) is 36.0 Å². The van der Waals surface area contributed by atoms with Gasteiger partial charge < -0.3 is 0 Å². The average Bonchev–Trinajstić information content (AvgIpc) is 3.56. The summed E-state index contributed by atoms with van der Waals surface area (Å²) in [4.78, 5) is 31.7. The van der Waals surface area contributed by atoms with Gasteiger partial charge in [-0.25, -0.2) is 4.39 Å². The van der Waals surface area contributed by atoms with E-state index in [9.17, 15) is 14.0 Å². The highest BCUT2D eigenvalue weighted by molar-refractivity contribution is 8.14. The Kier molecular flexibility index (Phi) is 6.68. The number of rotatable bonds is 6. The highest BCUT2D eigenvalue weighted by atomic mass is 32.2. The quantitative estimate of drug-likeness (QED) is 0.636. The normalized spacial score (nSPS) is 21.8. The van der Waals surface area contributed by atoms with E-state index in [1.54, 1.807) is 25.1 Å². The zero-order chi connectivity index (χ0) is 22.0. The van der Waals surface area contributed by atoms with E-state index < -0.39 is 6.04 Å². The van der Waals surface area contributed by atoms with Crippen molar-refractivity contribution in [3.05, 3.63) is 70.8 Å². The fourth-order valence-electron chi connectivity index (χ4n) is 4.23. The predicted octanol–water partition coefficient (Wildman–Crippen LogP) is 4.99. The number of likely N-dealkylation sites (tertiary alicyclic amines) is 1. The molecular weight excluding hydrogens is 411 g/mol. The molecule has 6 heteroatoms. The van der Waals surface area contributed by atoms with Crippen molar-refractivity contribution in [1.82, 2.24) is 9.88 Å². The van der Waals surface area contributed by atoms with Crippen molar-refractivity contribution >= 4 is 28.7 Å². The van der Waals surface area contributed by atoms with Crippen LogP contribution >= 0.6 is 11.8 Å². The summed E-state index contributed by atoms with van der Waals surface area (Å²) >= 11 is 1.33. The van der Waals surface area contributed by atoms with Crippen LogP contribution in [0.15, 0.2) is 48.0 Å². The van der Waals surface area contributed by atoms with Gasteiger partial charge in [0.2, 0.25) is 0 Å². The van der Waals surface area contributed by atoms with Gasteiger partial charge in [-0.2, -0.15) is 0 Å². The average molecular weight is 439 g/mol. The van der Waals surface area contributed by atoms with E-state index in [1.165, 1.54) is 17.8 Å². The number of hydrogen-bond acceptors (Lipinski definition) is 5. The monoisotopic (exact) mass is 438 g/mol. The third-order valence-corrected chi connectivity index (χ3v) is 7.00. The number of piperidine rings is 1. The number of aryl methyl sites for hydroxylation is 1. The number of carbonyl (C=O) groups is 2. The van der Waals surface area contributed by atoms with E-state index in [0.29, 0.717) is 18.7 Å². The Morgan fingerprint density at radius 3 is 2.61 bits per heavy atom. The second kappa shape index (κ2) is 9.45. The Morgan fingerprint density at radius 2 is 1.94 bits per heavy atom. The van der Waals surface area contributed by atoms with Gasteiger partial charge in [-0.3, -0.25) is 19.5 Å². The molecule has 2 heterocycles. The molecule has 0 amide bonds. The molecule has 4 rings (SSSR count). The van der Waals surface area contributed by atoms with E-state index in [4.69, 9.17) is 0 Å². The summed E-state index contributed by atoms with van der Waals surface area (Å²) in [7, 11) is 0. The number of hydrogen-bond donors (Lipinski definition) is 0. The van der Waals surface area contributed by atoms with E-state index >= 15 is 0 Å². The van der Waals surface area contributed by atoms with Crippen LogP contribution in [0.1, 0.15) is 49.2 Å². The van der Waals surface area contributed by atoms with Crippen molar-refractivity contribution in [3.63, 3.8) is 0 Å². The highest BCUT2D eigenvalue weighted by Crippen LogP contribution is 2.40. The molecule has 0 radical (unpaired) electrons. The molecule has 1 aromatic carbocycles. The van der Waals surface area contributed by atoms with Crippen LogP contribution in [-0.4, -0.2) is 39.1 Å². The van der Waals surface area contributed by atoms with Crippen molar-refractivity contribution in [2.24, 2.45) is 5.92 Å². The lowest BCUT2D eigenvalue weighted by Crippen LogP contribution is -2.43. The van der Waals surface area contributed by atoms with Gasteiger partial charge in [0.15, 0.2) is 10.9 Å². The molecule has 0 N–H and O–H groups in total. The minimum Gasteiger partial charge on any atom is -0.297 e. The summed E-state index contributed by atoms with van der Waals surface area (Å²) in [6, 6.07) is 11.8. The van der Waals surface area contributed by atoms with E-state index in [0.717, 1.165) is 36.2 Å². The lowest BCUT2D eigenvalue weighted by Gasteiger charge is -2.38. The Labute approximate surface area is 186 Å². The lowest BCUT2D eigenvalue weighted by molar-refractivity contribution is -0.126. The van der Waals surface area contributed by atoms with Crippen LogP contribution in [-0.2, 0) is 9.59 Å². The first-order valence-corrected chi connectivity index (χ1v) is 11.6. The number of nitrogens with zero attached hydrogens (tertiary/aromatic N) is 2. The van der Waals surface area contributed by atoms with Gasteiger partial charge in [-0.15, -0.1) is 0 Å². The van der Waals surface area contributed by atoms with Gasteiger partial charge in [0.1, 0.15) is 5.82 Å². The van der Waals surface area contributed by atoms with Crippen molar-refractivity contribution in [3.8, 4) is 0 Å². The number of ketones is 1. The molecule has 4 nitrogen and oxygen atoms in total. The van der Waals surface area contributed by atoms with Crippen molar-refractivity contribution in [2.75, 3.05) is 13.1 Å². The second-order valence-corrected chi connectivity index (χ2v) is 9.76. The van der Waals surface area contributed by atoms with Crippen LogP contribution in [0.5, 0.6) is 0 Å². The fraction of sp³-hybridized carbons (Fsp3) is 0.400. The largest absolute Gasteiger partial charge is 0.297 e. The SMILES string of the molecule is CC(=O)SC1CCN(C(C(=O)C2CC2)c2ccccc2F)CC1=Cc1cccc(C)n1. The molecule has 31 heavy (non-hydrogen) atoms. The Morgan fingerprint density at radius 1 is 1.16 bits per heavy atom. The third-order valence-electron chi connectivity index (χ3n) is 5.84. The third kappa shape index (κ3) is 5.31. The first kappa shape index (κ1) is 21.9. The summed E-state index contributed by atoms with van der Waals surface area (Å²) in [5, 5.41) is 0.106. The van der Waals surface area contributed by atoms with E-state index in [1.807, 2.05) is 31.2 Å². The Hall–Kier alpha value is -2.31. The molecule has 2 atom stereocenters. The number of aromatic nitrogens is 1. The first-order chi connectivity index (χ1) is 14.9. The van der Waals surface area contributed by atoms with Crippen molar-refractivity contribution in [1.29, 1.82) is 0 Å². The van der Waals surface area contributed by atoms with Crippen molar-refractivity contribution in [2.45, 2.75) is 44.4 Å². The maximum absolute atomic E-state index is 14.7. The molecule has 0 bridgehead atoms. The summed E-state index contributed by atoms with van der Waals surface area (Å²) < 4.78 is 14.7. The number of Topliss-reactive ketones (excluding diaryl/α,β-unsaturated/α-hetero) is 1. The number of thioether (sulfide) groups is 1. The first-order valence-electron chi connectivity index (χ1n) is 10.8. The zero-order valence-corrected chi connectivity index (χ0v) is 18.7. The number of halogens is 1. The van der Waals surface area contributed by atoms with Crippen LogP contribution < -0.4 is 0 Å². The molecule has 2 unspecified atom stereocenters. The minimum absolute atomic E-state index is 0.0276. The Balaban J connectivity index is 1.68. The van der Waals surface area contributed by atoms with Gasteiger partial charge >= 0.3 is 0 Å². The standard InChI is InChI=1S/C25H27FN2O2S/c1-16-6-5-7-20(27-16)14-19-15-28(13-12-23(19)31-17(2)29)24(25(30)18-10-11-18)21-8-3-4-9-22(21)26/h3-9,14,18,23-24H,10-13,15H2,1-2H3. The lowest BCUT2D eigenvalue weighted by atomic mass is 9.93. The molecule has 2 fully saturated rings. The summed E-state index contributed by atoms with van der Waals surface area (Å²) in [5.41, 5.74) is 3.26. The second-order valence-electron chi connectivity index (χ2n) is 8.38. The zero-order valence-electron chi connectivity index (χ0n) is 17.9. The predicted molar refractivity (Wildman–Crippen MR) is 122 cm³/mol. The van der Waals surface area contributed by atoms with Crippen molar-refractivity contribution < 1.29 is 14.0 Å². The molecule has 162 valence electrons. The topological polar surface area (TPSA) is 50.3 Å². The molecule has 2 aromatic rings. The molecule has 1 aliphatic carbocycles. The fourth-order valence-corrected chi connectivity index (χ4v) is 5.15. The van der Waals surface area contributed by atoms with E-state index in [-0.39, 0.29) is 27.9 Å². The van der Waals surface area contributed by atoms with Crippen LogP contribution in [0.25, 0.3) is 6.08 Å². The molecular formula is C25H27FN2O2S.